The molecule has 35 heavy (non-hydrogen) atoms. The summed E-state index contributed by atoms with van der Waals surface area (Å²) in [4.78, 5) is 0.544. The van der Waals surface area contributed by atoms with Gasteiger partial charge in [-0.2, -0.15) is 21.6 Å². The Morgan fingerprint density at radius 3 is 1.57 bits per heavy atom. The average molecular weight is 519 g/mol. The van der Waals surface area contributed by atoms with Crippen molar-refractivity contribution < 1.29 is 30.0 Å². The highest BCUT2D eigenvalue weighted by Gasteiger charge is 2.42. The molecular formula is C26H21F3O4S2. The Morgan fingerprint density at radius 1 is 0.629 bits per heavy atom. The lowest BCUT2D eigenvalue weighted by Crippen LogP contribution is -2.18. The van der Waals surface area contributed by atoms with Crippen molar-refractivity contribution in [1.29, 1.82) is 0 Å². The van der Waals surface area contributed by atoms with E-state index in [9.17, 15) is 21.6 Å². The summed E-state index contributed by atoms with van der Waals surface area (Å²) in [5.41, 5.74) is -1.29. The van der Waals surface area contributed by atoms with Crippen LogP contribution in [-0.2, 0) is 19.9 Å². The second-order valence-electron chi connectivity index (χ2n) is 7.37. The predicted molar refractivity (Wildman–Crippen MR) is 128 cm³/mol. The average Bonchev–Trinajstić information content (AvgIpc) is 2.88. The first-order valence-electron chi connectivity index (χ1n) is 10.4. The van der Waals surface area contributed by atoms with Crippen LogP contribution in [0.5, 0.6) is 5.75 Å². The molecule has 0 radical (unpaired) electrons. The molecule has 4 aromatic carbocycles. The molecular weight excluding hydrogens is 497 g/mol. The first kappa shape index (κ1) is 24.8. The van der Waals surface area contributed by atoms with Gasteiger partial charge >= 0.3 is 16.3 Å². The summed E-state index contributed by atoms with van der Waals surface area (Å²) in [6, 6.07) is 27.9. The maximum Gasteiger partial charge on any atom is 0.417 e. The molecule has 0 fully saturated rings. The van der Waals surface area contributed by atoms with Gasteiger partial charge < -0.3 is 4.74 Å². The summed E-state index contributed by atoms with van der Waals surface area (Å²) < 4.78 is 79.7. The lowest BCUT2D eigenvalue weighted by Gasteiger charge is -2.39. The van der Waals surface area contributed by atoms with Gasteiger partial charge in [-0.25, -0.2) is 3.63 Å². The largest absolute Gasteiger partial charge is 0.497 e. The van der Waals surface area contributed by atoms with E-state index in [1.54, 1.807) is 84.9 Å². The highest BCUT2D eigenvalue weighted by molar-refractivity contribution is 8.33. The van der Waals surface area contributed by atoms with Gasteiger partial charge in [0.2, 0.25) is 0 Å². The standard InChI is InChI=1S/C26H21F3O4S2/c1-32-20-16-18-23(19-17-20)34(21-10-4-2-5-11-21,22-12-6-3-7-13-22)33-35(30,31)25-15-9-8-14-24(25)26(27,28)29/h2-19H,1H3. The third-order valence-electron chi connectivity index (χ3n) is 5.20. The summed E-state index contributed by atoms with van der Waals surface area (Å²) >= 11 is 0. The van der Waals surface area contributed by atoms with Gasteiger partial charge in [0, 0.05) is 14.7 Å². The van der Waals surface area contributed by atoms with Gasteiger partial charge in [-0.05, 0) is 71.0 Å². The SMILES string of the molecule is COc1ccc(S(OS(=O)(=O)c2ccccc2C(F)(F)F)(c2ccccc2)c2ccccc2)cc1. The van der Waals surface area contributed by atoms with Crippen LogP contribution < -0.4 is 4.74 Å². The Labute approximate surface area is 203 Å². The van der Waals surface area contributed by atoms with Crippen molar-refractivity contribution in [2.45, 2.75) is 25.8 Å². The molecule has 4 aromatic rings. The second-order valence-corrected chi connectivity index (χ2v) is 11.8. The van der Waals surface area contributed by atoms with Crippen LogP contribution in [0.15, 0.2) is 129 Å². The number of halogens is 3. The molecule has 0 amide bonds. The Kier molecular flexibility index (Phi) is 6.93. The first-order valence-corrected chi connectivity index (χ1v) is 13.3. The first-order chi connectivity index (χ1) is 16.7. The Bertz CT molecular complexity index is 1350. The van der Waals surface area contributed by atoms with Gasteiger partial charge in [0.25, 0.3) is 0 Å². The minimum Gasteiger partial charge on any atom is -0.497 e. The normalized spacial score (nSPS) is 12.8. The minimum atomic E-state index is -4.91. The smallest absolute Gasteiger partial charge is 0.417 e. The lowest BCUT2D eigenvalue weighted by atomic mass is 10.2. The van der Waals surface area contributed by atoms with Gasteiger partial charge in [-0.3, -0.25) is 0 Å². The van der Waals surface area contributed by atoms with Crippen LogP contribution in [0, 0.1) is 0 Å². The zero-order valence-electron chi connectivity index (χ0n) is 18.5. The third kappa shape index (κ3) is 4.93. The van der Waals surface area contributed by atoms with Crippen LogP contribution in [0.3, 0.4) is 0 Å². The van der Waals surface area contributed by atoms with E-state index in [1.165, 1.54) is 13.2 Å². The number of alkyl halides is 3. The van der Waals surface area contributed by atoms with E-state index < -0.39 is 37.1 Å². The molecule has 0 unspecified atom stereocenters. The lowest BCUT2D eigenvalue weighted by molar-refractivity contribution is -0.139. The van der Waals surface area contributed by atoms with Crippen LogP contribution in [0.1, 0.15) is 5.56 Å². The monoisotopic (exact) mass is 518 g/mol. The van der Waals surface area contributed by atoms with Crippen molar-refractivity contribution in [3.63, 3.8) is 0 Å². The number of hydrogen-bond acceptors (Lipinski definition) is 4. The zero-order chi connectivity index (χ0) is 25.1. The molecule has 0 N–H and O–H groups in total. The summed E-state index contributed by atoms with van der Waals surface area (Å²) in [5, 5.41) is 0. The van der Waals surface area contributed by atoms with E-state index >= 15 is 0 Å². The van der Waals surface area contributed by atoms with Crippen molar-refractivity contribution >= 4 is 20.4 Å². The van der Waals surface area contributed by atoms with Crippen molar-refractivity contribution in [2.75, 3.05) is 7.11 Å². The third-order valence-corrected chi connectivity index (χ3v) is 10.4. The van der Waals surface area contributed by atoms with Gasteiger partial charge in [-0.15, -0.1) is 0 Å². The van der Waals surface area contributed by atoms with Gasteiger partial charge in [0.05, 0.1) is 12.7 Å². The van der Waals surface area contributed by atoms with Gasteiger partial charge in [0.1, 0.15) is 10.6 Å². The number of ether oxygens (including phenoxy) is 1. The van der Waals surface area contributed by atoms with Crippen LogP contribution in [0.4, 0.5) is 13.2 Å². The molecule has 182 valence electrons. The molecule has 0 aliphatic carbocycles. The number of rotatable bonds is 7. The molecule has 0 aliphatic rings. The van der Waals surface area contributed by atoms with Crippen LogP contribution in [0.2, 0.25) is 0 Å². The molecule has 4 rings (SSSR count). The summed E-state index contributed by atoms with van der Waals surface area (Å²) in [6.45, 7) is 0. The topological polar surface area (TPSA) is 52.6 Å². The summed E-state index contributed by atoms with van der Waals surface area (Å²) in [5.74, 6) is 0.536. The molecule has 0 heterocycles. The molecule has 4 nitrogen and oxygen atoms in total. The quantitative estimate of drug-likeness (QED) is 0.257. The van der Waals surface area contributed by atoms with E-state index in [0.717, 1.165) is 18.2 Å². The van der Waals surface area contributed by atoms with E-state index in [0.29, 0.717) is 20.4 Å². The Morgan fingerprint density at radius 2 is 1.09 bits per heavy atom. The Hall–Kier alpha value is -3.27. The van der Waals surface area contributed by atoms with Gasteiger partial charge in [0.15, 0.2) is 0 Å². The molecule has 0 aromatic heterocycles. The molecule has 9 heteroatoms. The van der Waals surface area contributed by atoms with Crippen molar-refractivity contribution in [3.8, 4) is 5.75 Å². The summed E-state index contributed by atoms with van der Waals surface area (Å²) in [6.07, 6.45) is -4.88. The van der Waals surface area contributed by atoms with E-state index in [4.69, 9.17) is 8.37 Å². The molecule has 0 saturated heterocycles. The van der Waals surface area contributed by atoms with Crippen LogP contribution in [0.25, 0.3) is 0 Å². The van der Waals surface area contributed by atoms with E-state index in [1.807, 2.05) is 0 Å². The van der Waals surface area contributed by atoms with Crippen molar-refractivity contribution in [1.82, 2.24) is 0 Å². The van der Waals surface area contributed by atoms with Crippen molar-refractivity contribution in [2.24, 2.45) is 0 Å². The number of methoxy groups -OCH3 is 1. The molecule has 0 atom stereocenters. The fourth-order valence-corrected chi connectivity index (χ4v) is 9.03. The molecule has 0 spiro atoms. The summed E-state index contributed by atoms with van der Waals surface area (Å²) in [7, 11) is -6.44. The maximum absolute atomic E-state index is 13.7. The Balaban J connectivity index is 2.02. The molecule has 0 aliphatic heterocycles. The van der Waals surface area contributed by atoms with E-state index in [-0.39, 0.29) is 0 Å². The zero-order valence-corrected chi connectivity index (χ0v) is 20.1. The van der Waals surface area contributed by atoms with E-state index in [2.05, 4.69) is 0 Å². The fraction of sp³-hybridized carbons (Fsp3) is 0.0769. The van der Waals surface area contributed by atoms with Gasteiger partial charge in [-0.1, -0.05) is 48.5 Å². The number of hydrogen-bond donors (Lipinski definition) is 0. The minimum absolute atomic E-state index is 0.476. The maximum atomic E-state index is 13.7. The van der Waals surface area contributed by atoms with Crippen molar-refractivity contribution in [3.05, 3.63) is 115 Å². The fourth-order valence-electron chi connectivity index (χ4n) is 3.61. The molecule has 0 saturated carbocycles. The van der Waals surface area contributed by atoms with Crippen LogP contribution in [-0.4, -0.2) is 15.5 Å². The van der Waals surface area contributed by atoms with Crippen LogP contribution >= 0.6 is 10.3 Å². The highest BCUT2D eigenvalue weighted by atomic mass is 32.3. The molecule has 0 bridgehead atoms. The highest BCUT2D eigenvalue weighted by Crippen LogP contribution is 2.70. The number of benzene rings is 4. The second kappa shape index (κ2) is 9.77. The predicted octanol–water partition coefficient (Wildman–Crippen LogP) is 7.32.